The molecule has 0 heterocycles. The molecule has 0 spiro atoms. The van der Waals surface area contributed by atoms with Gasteiger partial charge in [0.15, 0.2) is 11.5 Å². The van der Waals surface area contributed by atoms with Gasteiger partial charge >= 0.3 is 12.1 Å². The fourth-order valence-corrected chi connectivity index (χ4v) is 2.73. The minimum atomic E-state index is -0.621. The van der Waals surface area contributed by atoms with E-state index in [4.69, 9.17) is 14.2 Å². The maximum Gasteiger partial charge on any atom is 0.407 e. The minimum Gasteiger partial charge on any atom is -0.493 e. The molecule has 0 bridgehead atoms. The lowest BCUT2D eigenvalue weighted by atomic mass is 10.2. The van der Waals surface area contributed by atoms with Crippen molar-refractivity contribution in [3.8, 4) is 11.5 Å². The molecule has 1 amide bonds. The topological polar surface area (TPSA) is 73.9 Å². The molecule has 0 aliphatic carbocycles. The van der Waals surface area contributed by atoms with Gasteiger partial charge in [-0.15, -0.1) is 0 Å². The van der Waals surface area contributed by atoms with Gasteiger partial charge in [0.1, 0.15) is 12.4 Å². The van der Waals surface area contributed by atoms with E-state index in [1.165, 1.54) is 31.4 Å². The second kappa shape index (κ2) is 11.3. The molecule has 7 heteroatoms. The van der Waals surface area contributed by atoms with Crippen molar-refractivity contribution in [3.63, 3.8) is 0 Å². The molecule has 164 valence electrons. The summed E-state index contributed by atoms with van der Waals surface area (Å²) >= 11 is 0. The summed E-state index contributed by atoms with van der Waals surface area (Å²) < 4.78 is 28.8. The first kappa shape index (κ1) is 22.6. The molecular formula is C25H22FNO5. The van der Waals surface area contributed by atoms with Crippen LogP contribution in [0.15, 0.2) is 78.9 Å². The van der Waals surface area contributed by atoms with Crippen LogP contribution in [0, 0.1) is 5.82 Å². The molecule has 0 saturated heterocycles. The SMILES string of the molecule is COc1cc(C=CCNC(=O)OCc2ccccc2)ccc1OC(=O)c1ccc(F)cc1. The van der Waals surface area contributed by atoms with Gasteiger partial charge in [0.05, 0.1) is 12.7 Å². The summed E-state index contributed by atoms with van der Waals surface area (Å²) in [4.78, 5) is 24.0. The van der Waals surface area contributed by atoms with Crippen LogP contribution in [0.2, 0.25) is 0 Å². The highest BCUT2D eigenvalue weighted by Crippen LogP contribution is 2.29. The van der Waals surface area contributed by atoms with E-state index < -0.39 is 17.9 Å². The highest BCUT2D eigenvalue weighted by molar-refractivity contribution is 5.91. The molecular weight excluding hydrogens is 413 g/mol. The molecule has 0 saturated carbocycles. The first-order valence-corrected chi connectivity index (χ1v) is 9.82. The number of carbonyl (C=O) groups is 2. The maximum atomic E-state index is 13.0. The number of ether oxygens (including phenoxy) is 3. The first-order valence-electron chi connectivity index (χ1n) is 9.82. The van der Waals surface area contributed by atoms with E-state index >= 15 is 0 Å². The monoisotopic (exact) mass is 435 g/mol. The number of halogens is 1. The zero-order chi connectivity index (χ0) is 22.8. The van der Waals surface area contributed by atoms with E-state index in [-0.39, 0.29) is 24.5 Å². The van der Waals surface area contributed by atoms with Crippen LogP contribution in [0.3, 0.4) is 0 Å². The summed E-state index contributed by atoms with van der Waals surface area (Å²) in [5, 5.41) is 2.64. The molecule has 6 nitrogen and oxygen atoms in total. The predicted octanol–water partition coefficient (Wildman–Crippen LogP) is 4.99. The van der Waals surface area contributed by atoms with E-state index in [1.54, 1.807) is 30.4 Å². The minimum absolute atomic E-state index is 0.200. The zero-order valence-electron chi connectivity index (χ0n) is 17.4. The molecule has 3 rings (SSSR count). The van der Waals surface area contributed by atoms with E-state index in [1.807, 2.05) is 30.3 Å². The third-order valence-electron chi connectivity index (χ3n) is 4.36. The number of hydrogen-bond acceptors (Lipinski definition) is 5. The van der Waals surface area contributed by atoms with Crippen molar-refractivity contribution in [2.24, 2.45) is 0 Å². The number of benzene rings is 3. The summed E-state index contributed by atoms with van der Waals surface area (Å²) in [6, 6.07) is 19.5. The number of rotatable bonds is 8. The number of carbonyl (C=O) groups excluding carboxylic acids is 2. The van der Waals surface area contributed by atoms with Gasteiger partial charge in [-0.1, -0.05) is 48.6 Å². The first-order chi connectivity index (χ1) is 15.5. The third-order valence-corrected chi connectivity index (χ3v) is 4.36. The molecule has 0 radical (unpaired) electrons. The number of methoxy groups -OCH3 is 1. The Bertz CT molecular complexity index is 1080. The van der Waals surface area contributed by atoms with Crippen molar-refractivity contribution in [1.29, 1.82) is 0 Å². The summed E-state index contributed by atoms with van der Waals surface area (Å²) in [6.07, 6.45) is 3.02. The highest BCUT2D eigenvalue weighted by Gasteiger charge is 2.12. The molecule has 0 unspecified atom stereocenters. The summed E-state index contributed by atoms with van der Waals surface area (Å²) in [5.41, 5.74) is 1.91. The Morgan fingerprint density at radius 2 is 1.72 bits per heavy atom. The molecule has 0 aromatic heterocycles. The highest BCUT2D eigenvalue weighted by atomic mass is 19.1. The Kier molecular flexibility index (Phi) is 7.97. The van der Waals surface area contributed by atoms with E-state index in [0.29, 0.717) is 5.75 Å². The second-order valence-electron chi connectivity index (χ2n) is 6.65. The smallest absolute Gasteiger partial charge is 0.407 e. The zero-order valence-corrected chi connectivity index (χ0v) is 17.4. The van der Waals surface area contributed by atoms with Crippen LogP contribution in [0.1, 0.15) is 21.5 Å². The molecule has 0 atom stereocenters. The summed E-state index contributed by atoms with van der Waals surface area (Å²) in [7, 11) is 1.46. The van der Waals surface area contributed by atoms with Gasteiger partial charge in [-0.05, 0) is 47.5 Å². The van der Waals surface area contributed by atoms with Crippen LogP contribution >= 0.6 is 0 Å². The molecule has 0 aliphatic heterocycles. The van der Waals surface area contributed by atoms with Crippen LogP contribution in [0.25, 0.3) is 6.08 Å². The number of nitrogens with one attached hydrogen (secondary N) is 1. The van der Waals surface area contributed by atoms with Crippen LogP contribution in [-0.4, -0.2) is 25.7 Å². The van der Waals surface area contributed by atoms with Gasteiger partial charge in [0, 0.05) is 6.54 Å². The average Bonchev–Trinajstić information content (AvgIpc) is 2.82. The van der Waals surface area contributed by atoms with Crippen molar-refractivity contribution < 1.29 is 28.2 Å². The average molecular weight is 435 g/mol. The standard InChI is InChI=1S/C25H22FNO5/c1-30-23-16-18(8-5-15-27-25(29)31-17-19-6-3-2-4-7-19)9-14-22(23)32-24(28)20-10-12-21(26)13-11-20/h2-14,16H,15,17H2,1H3,(H,27,29). The summed E-state index contributed by atoms with van der Waals surface area (Å²) in [5.74, 6) is -0.460. The van der Waals surface area contributed by atoms with Crippen LogP contribution in [-0.2, 0) is 11.3 Å². The van der Waals surface area contributed by atoms with Crippen LogP contribution < -0.4 is 14.8 Å². The quantitative estimate of drug-likeness (QED) is 0.398. The van der Waals surface area contributed by atoms with Gasteiger partial charge < -0.3 is 19.5 Å². The number of alkyl carbamates (subject to hydrolysis) is 1. The van der Waals surface area contributed by atoms with Crippen LogP contribution in [0.4, 0.5) is 9.18 Å². The van der Waals surface area contributed by atoms with Crippen LogP contribution in [0.5, 0.6) is 11.5 Å². The lowest BCUT2D eigenvalue weighted by Crippen LogP contribution is -2.24. The number of hydrogen-bond donors (Lipinski definition) is 1. The molecule has 0 aliphatic rings. The van der Waals surface area contributed by atoms with E-state index in [0.717, 1.165) is 11.1 Å². The van der Waals surface area contributed by atoms with Gasteiger partial charge in [-0.25, -0.2) is 14.0 Å². The molecule has 1 N–H and O–H groups in total. The summed E-state index contributed by atoms with van der Waals surface area (Å²) in [6.45, 7) is 0.475. The maximum absolute atomic E-state index is 13.0. The lowest BCUT2D eigenvalue weighted by Gasteiger charge is -2.10. The predicted molar refractivity (Wildman–Crippen MR) is 118 cm³/mol. The fourth-order valence-electron chi connectivity index (χ4n) is 2.73. The van der Waals surface area contributed by atoms with Crippen molar-refractivity contribution in [2.45, 2.75) is 6.61 Å². The van der Waals surface area contributed by atoms with Crippen molar-refractivity contribution in [3.05, 3.63) is 101 Å². The second-order valence-corrected chi connectivity index (χ2v) is 6.65. The van der Waals surface area contributed by atoms with Gasteiger partial charge in [0.25, 0.3) is 0 Å². The Morgan fingerprint density at radius 3 is 2.44 bits per heavy atom. The lowest BCUT2D eigenvalue weighted by molar-refractivity contribution is 0.0729. The Hall–Kier alpha value is -4.13. The third kappa shape index (κ3) is 6.70. The van der Waals surface area contributed by atoms with Gasteiger partial charge in [-0.3, -0.25) is 0 Å². The molecule has 32 heavy (non-hydrogen) atoms. The van der Waals surface area contributed by atoms with Crippen molar-refractivity contribution in [2.75, 3.05) is 13.7 Å². The molecule has 3 aromatic rings. The molecule has 3 aromatic carbocycles. The Morgan fingerprint density at radius 1 is 0.969 bits per heavy atom. The van der Waals surface area contributed by atoms with E-state index in [2.05, 4.69) is 5.32 Å². The van der Waals surface area contributed by atoms with Gasteiger partial charge in [0.2, 0.25) is 0 Å². The Balaban J connectivity index is 1.51. The van der Waals surface area contributed by atoms with Crippen molar-refractivity contribution in [1.82, 2.24) is 5.32 Å². The van der Waals surface area contributed by atoms with Crippen molar-refractivity contribution >= 4 is 18.1 Å². The molecule has 0 fully saturated rings. The Labute approximate surface area is 185 Å². The fraction of sp³-hybridized carbons (Fsp3) is 0.120. The number of amides is 1. The van der Waals surface area contributed by atoms with Gasteiger partial charge in [-0.2, -0.15) is 0 Å². The normalized spacial score (nSPS) is 10.6. The van der Waals surface area contributed by atoms with E-state index in [9.17, 15) is 14.0 Å². The largest absolute Gasteiger partial charge is 0.493 e. The number of esters is 1.